The summed E-state index contributed by atoms with van der Waals surface area (Å²) in [5, 5.41) is 9.68. The number of likely N-dealkylation sites (N-methyl/N-ethyl adjacent to an activating group) is 2. The van der Waals surface area contributed by atoms with Crippen molar-refractivity contribution in [2.75, 3.05) is 36.5 Å². The van der Waals surface area contributed by atoms with Gasteiger partial charge in [0.05, 0.1) is 18.0 Å². The molecule has 2 aromatic rings. The summed E-state index contributed by atoms with van der Waals surface area (Å²) in [5.74, 6) is -1.02. The number of fused-ring (bicyclic) bond motifs is 1. The smallest absolute Gasteiger partial charge is 0.323 e. The van der Waals surface area contributed by atoms with Gasteiger partial charge in [0.25, 0.3) is 11.8 Å². The number of anilines is 2. The first-order chi connectivity index (χ1) is 19.7. The molecule has 1 N–H and O–H groups in total. The van der Waals surface area contributed by atoms with Gasteiger partial charge in [-0.15, -0.1) is 0 Å². The zero-order chi connectivity index (χ0) is 29.3. The number of thiocarbonyl (C=S) groups is 1. The highest BCUT2D eigenvalue weighted by molar-refractivity contribution is 7.80. The highest BCUT2D eigenvalue weighted by Crippen LogP contribution is 2.37. The van der Waals surface area contributed by atoms with E-state index in [9.17, 15) is 19.5 Å². The van der Waals surface area contributed by atoms with Gasteiger partial charge in [0.2, 0.25) is 0 Å². The molecule has 0 spiro atoms. The first kappa shape index (κ1) is 27.9. The Kier molecular flexibility index (Phi) is 7.76. The van der Waals surface area contributed by atoms with E-state index in [2.05, 4.69) is 0 Å². The predicted molar refractivity (Wildman–Crippen MR) is 161 cm³/mol. The third-order valence-corrected chi connectivity index (χ3v) is 7.55. The maximum absolute atomic E-state index is 13.8. The van der Waals surface area contributed by atoms with Crippen LogP contribution in [0, 0.1) is 0 Å². The van der Waals surface area contributed by atoms with E-state index in [1.54, 1.807) is 30.3 Å². The van der Waals surface area contributed by atoms with Crippen LogP contribution in [-0.4, -0.2) is 64.5 Å². The first-order valence-electron chi connectivity index (χ1n) is 13.3. The van der Waals surface area contributed by atoms with E-state index < -0.39 is 18.4 Å². The summed E-state index contributed by atoms with van der Waals surface area (Å²) in [6.45, 7) is 4.17. The third-order valence-electron chi connectivity index (χ3n) is 7.15. The molecule has 3 heterocycles. The Morgan fingerprint density at radius 1 is 1.02 bits per heavy atom. The summed E-state index contributed by atoms with van der Waals surface area (Å²) in [7, 11) is 1.95. The summed E-state index contributed by atoms with van der Waals surface area (Å²) in [4.78, 5) is 45.2. The lowest BCUT2D eigenvalue weighted by Gasteiger charge is -2.26. The molecule has 0 atom stereocenters. The van der Waals surface area contributed by atoms with Crippen molar-refractivity contribution in [1.82, 2.24) is 9.80 Å². The molecular formula is C31H30N4O5S. The summed E-state index contributed by atoms with van der Waals surface area (Å²) >= 11 is 5.58. The number of hydrogen-bond donors (Lipinski definition) is 1. The normalized spacial score (nSPS) is 20.6. The highest BCUT2D eigenvalue weighted by Gasteiger charge is 2.45. The number of carboxylic acid groups (broad SMARTS) is 1. The van der Waals surface area contributed by atoms with Gasteiger partial charge in [0, 0.05) is 42.5 Å². The quantitative estimate of drug-likeness (QED) is 0.383. The van der Waals surface area contributed by atoms with E-state index in [1.165, 1.54) is 14.7 Å². The zero-order valence-electron chi connectivity index (χ0n) is 23.0. The van der Waals surface area contributed by atoms with Crippen molar-refractivity contribution >= 4 is 52.6 Å². The van der Waals surface area contributed by atoms with Crippen molar-refractivity contribution in [3.63, 3.8) is 0 Å². The number of carbonyl (C=O) groups excluding carboxylic acids is 2. The Labute approximate surface area is 243 Å². The van der Waals surface area contributed by atoms with Crippen molar-refractivity contribution in [3.8, 4) is 5.75 Å². The van der Waals surface area contributed by atoms with Crippen LogP contribution < -0.4 is 14.5 Å². The van der Waals surface area contributed by atoms with Gasteiger partial charge >= 0.3 is 5.97 Å². The molecule has 10 heteroatoms. The molecule has 210 valence electrons. The number of rotatable bonds is 7. The molecule has 5 rings (SSSR count). The fraction of sp³-hybridized carbons (Fsp3) is 0.226. The van der Waals surface area contributed by atoms with Crippen LogP contribution in [0.2, 0.25) is 0 Å². The average molecular weight is 571 g/mol. The molecule has 0 radical (unpaired) electrons. The number of allylic oxidation sites excluding steroid dienone is 4. The van der Waals surface area contributed by atoms with Crippen LogP contribution in [-0.2, 0) is 14.4 Å². The number of likely N-dealkylation sites (tertiary alicyclic amines) is 1. The second-order valence-electron chi connectivity index (χ2n) is 9.59. The molecule has 2 saturated heterocycles. The Hall–Kier alpha value is -4.70. The minimum absolute atomic E-state index is 0.0641. The lowest BCUT2D eigenvalue weighted by atomic mass is 10.1. The molecule has 9 nitrogen and oxygen atoms in total. The average Bonchev–Trinajstić information content (AvgIpc) is 3.39. The van der Waals surface area contributed by atoms with Crippen LogP contribution in [0.15, 0.2) is 89.4 Å². The number of ether oxygens (including phenoxy) is 1. The van der Waals surface area contributed by atoms with Crippen LogP contribution in [0.4, 0.5) is 11.4 Å². The molecule has 0 unspecified atom stereocenters. The fourth-order valence-corrected chi connectivity index (χ4v) is 5.57. The van der Waals surface area contributed by atoms with Crippen LogP contribution in [0.1, 0.15) is 25.8 Å². The molecule has 41 heavy (non-hydrogen) atoms. The molecule has 3 aliphatic heterocycles. The molecule has 2 fully saturated rings. The minimum atomic E-state index is -1.14. The van der Waals surface area contributed by atoms with Crippen molar-refractivity contribution in [2.45, 2.75) is 20.3 Å². The molecule has 2 aromatic carbocycles. The van der Waals surface area contributed by atoms with E-state index in [4.69, 9.17) is 17.0 Å². The van der Waals surface area contributed by atoms with E-state index in [1.807, 2.05) is 68.3 Å². The Balaban J connectivity index is 1.50. The summed E-state index contributed by atoms with van der Waals surface area (Å²) in [6.07, 6.45) is 7.78. The lowest BCUT2D eigenvalue weighted by molar-refractivity contribution is -0.137. The summed E-state index contributed by atoms with van der Waals surface area (Å²) in [6, 6.07) is 14.7. The molecule has 3 aliphatic rings. The molecule has 0 bridgehead atoms. The Morgan fingerprint density at radius 3 is 2.46 bits per heavy atom. The summed E-state index contributed by atoms with van der Waals surface area (Å²) < 4.78 is 5.61. The second-order valence-corrected chi connectivity index (χ2v) is 9.95. The second kappa shape index (κ2) is 11.4. The van der Waals surface area contributed by atoms with E-state index >= 15 is 0 Å². The molecule has 0 aromatic heterocycles. The van der Waals surface area contributed by atoms with Crippen molar-refractivity contribution in [1.29, 1.82) is 0 Å². The van der Waals surface area contributed by atoms with Gasteiger partial charge in [-0.3, -0.25) is 19.3 Å². The van der Waals surface area contributed by atoms with E-state index in [0.29, 0.717) is 30.1 Å². The topological polar surface area (TPSA) is 93.6 Å². The molecule has 0 saturated carbocycles. The SMILES string of the molecule is CCOc1ccc2c(c1)C=C/C(=C\C=C1\C/C(=C3/C(=O)N(c4ccccc4)C(=S)N3CC(=O)O)N(CC)C1=O)N2C. The van der Waals surface area contributed by atoms with Crippen LogP contribution >= 0.6 is 12.2 Å². The van der Waals surface area contributed by atoms with Crippen LogP contribution in [0.3, 0.4) is 0 Å². The number of hydrogen-bond acceptors (Lipinski definition) is 6. The van der Waals surface area contributed by atoms with Crippen molar-refractivity contribution in [3.05, 3.63) is 95.0 Å². The van der Waals surface area contributed by atoms with Gasteiger partial charge in [0.15, 0.2) is 5.11 Å². The lowest BCUT2D eigenvalue weighted by Crippen LogP contribution is -2.35. The monoisotopic (exact) mass is 570 g/mol. The van der Waals surface area contributed by atoms with Gasteiger partial charge in [0.1, 0.15) is 18.0 Å². The van der Waals surface area contributed by atoms with Crippen LogP contribution in [0.25, 0.3) is 6.08 Å². The standard InChI is InChI=1S/C31H30N4O5S/c1-4-33-26(28-30(39)35(23-9-7-6-8-10-23)31(41)34(28)19-27(36)37)18-21(29(33)38)12-14-22-13-11-20-17-24(40-5-2)15-16-25(20)32(22)3/h6-17H,4-5,18-19H2,1-3H3,(H,36,37)/b21-12-,22-14+,28-26+. The first-order valence-corrected chi connectivity index (χ1v) is 13.7. The maximum atomic E-state index is 13.8. The largest absolute Gasteiger partial charge is 0.494 e. The zero-order valence-corrected chi connectivity index (χ0v) is 23.9. The van der Waals surface area contributed by atoms with Gasteiger partial charge < -0.3 is 24.5 Å². The number of benzene rings is 2. The third kappa shape index (κ3) is 5.14. The number of para-hydroxylation sites is 1. The van der Waals surface area contributed by atoms with Gasteiger partial charge in [-0.25, -0.2) is 0 Å². The van der Waals surface area contributed by atoms with E-state index in [-0.39, 0.29) is 23.1 Å². The molecule has 2 amide bonds. The molecular weight excluding hydrogens is 540 g/mol. The predicted octanol–water partition coefficient (Wildman–Crippen LogP) is 4.54. The number of nitrogens with zero attached hydrogens (tertiary/aromatic N) is 4. The highest BCUT2D eigenvalue weighted by atomic mass is 32.1. The van der Waals surface area contributed by atoms with Gasteiger partial charge in [-0.05, 0) is 68.5 Å². The number of amides is 2. The maximum Gasteiger partial charge on any atom is 0.323 e. The Bertz CT molecular complexity index is 1560. The number of carboxylic acids is 1. The fourth-order valence-electron chi connectivity index (χ4n) is 5.22. The minimum Gasteiger partial charge on any atom is -0.494 e. The van der Waals surface area contributed by atoms with Crippen molar-refractivity contribution < 1.29 is 24.2 Å². The van der Waals surface area contributed by atoms with Crippen molar-refractivity contribution in [2.24, 2.45) is 0 Å². The van der Waals surface area contributed by atoms with E-state index in [0.717, 1.165) is 22.7 Å². The van der Waals surface area contributed by atoms with Gasteiger partial charge in [-0.2, -0.15) is 0 Å². The Morgan fingerprint density at radius 2 is 1.78 bits per heavy atom. The number of aliphatic carboxylic acids is 1. The summed E-state index contributed by atoms with van der Waals surface area (Å²) in [5.41, 5.74) is 4.49. The number of carbonyl (C=O) groups is 3. The molecule has 0 aliphatic carbocycles. The van der Waals surface area contributed by atoms with Gasteiger partial charge in [-0.1, -0.05) is 30.4 Å². The van der Waals surface area contributed by atoms with Crippen LogP contribution in [0.5, 0.6) is 5.75 Å².